The molecule has 0 unspecified atom stereocenters. The van der Waals surface area contributed by atoms with Crippen molar-refractivity contribution < 1.29 is 14.3 Å². The molecule has 1 aliphatic rings. The second-order valence-electron chi connectivity index (χ2n) is 6.99. The Morgan fingerprint density at radius 2 is 1.86 bits per heavy atom. The zero-order valence-electron chi connectivity index (χ0n) is 16.6. The number of benzene rings is 2. The summed E-state index contributed by atoms with van der Waals surface area (Å²) < 4.78 is 11.3. The number of rotatable bonds is 8. The van der Waals surface area contributed by atoms with Crippen LogP contribution < -0.4 is 20.1 Å². The van der Waals surface area contributed by atoms with Crippen molar-refractivity contribution in [2.45, 2.75) is 25.8 Å². The van der Waals surface area contributed by atoms with Crippen LogP contribution in [-0.2, 0) is 0 Å². The van der Waals surface area contributed by atoms with Gasteiger partial charge in [0.15, 0.2) is 11.5 Å². The Labute approximate surface area is 166 Å². The summed E-state index contributed by atoms with van der Waals surface area (Å²) in [6.07, 6.45) is 2.53. The van der Waals surface area contributed by atoms with Crippen LogP contribution in [0.5, 0.6) is 11.5 Å². The van der Waals surface area contributed by atoms with Crippen molar-refractivity contribution in [3.05, 3.63) is 54.1 Å². The van der Waals surface area contributed by atoms with E-state index in [2.05, 4.69) is 15.5 Å². The molecule has 28 heavy (non-hydrogen) atoms. The Bertz CT molecular complexity index is 761. The fourth-order valence-corrected chi connectivity index (χ4v) is 3.35. The van der Waals surface area contributed by atoms with E-state index in [0.29, 0.717) is 23.8 Å². The fraction of sp³-hybridized carbons (Fsp3) is 0.409. The van der Waals surface area contributed by atoms with Crippen LogP contribution in [0.3, 0.4) is 0 Å². The van der Waals surface area contributed by atoms with Crippen molar-refractivity contribution in [2.24, 2.45) is 0 Å². The molecule has 2 amide bonds. The van der Waals surface area contributed by atoms with Gasteiger partial charge in [-0.1, -0.05) is 30.3 Å². The standard InChI is InChI=1S/C22H29N3O3/c1-17(18-8-4-3-5-9-18)23-22(26)24-19-10-11-20(27-2)21(16-19)28-15-14-25-12-6-7-13-25/h3-5,8-11,16-17H,6-7,12-15H2,1-2H3,(H2,23,24,26)/t17-/m0/s1. The maximum Gasteiger partial charge on any atom is 0.319 e. The SMILES string of the molecule is COc1ccc(NC(=O)N[C@@H](C)c2ccccc2)cc1OCCN1CCCC1. The second-order valence-corrected chi connectivity index (χ2v) is 6.99. The maximum atomic E-state index is 12.3. The number of ether oxygens (including phenoxy) is 2. The van der Waals surface area contributed by atoms with Gasteiger partial charge in [0, 0.05) is 18.3 Å². The number of amides is 2. The summed E-state index contributed by atoms with van der Waals surface area (Å²) in [5.41, 5.74) is 1.72. The smallest absolute Gasteiger partial charge is 0.319 e. The van der Waals surface area contributed by atoms with Crippen LogP contribution in [0.2, 0.25) is 0 Å². The molecular weight excluding hydrogens is 354 g/mol. The summed E-state index contributed by atoms with van der Waals surface area (Å²) >= 11 is 0. The molecule has 0 aromatic heterocycles. The summed E-state index contributed by atoms with van der Waals surface area (Å²) in [6.45, 7) is 5.73. The molecule has 0 spiro atoms. The quantitative estimate of drug-likeness (QED) is 0.722. The summed E-state index contributed by atoms with van der Waals surface area (Å²) in [4.78, 5) is 14.7. The highest BCUT2D eigenvalue weighted by Crippen LogP contribution is 2.30. The summed E-state index contributed by atoms with van der Waals surface area (Å²) in [7, 11) is 1.62. The molecular formula is C22H29N3O3. The van der Waals surface area contributed by atoms with Gasteiger partial charge >= 0.3 is 6.03 Å². The van der Waals surface area contributed by atoms with Gasteiger partial charge in [0.05, 0.1) is 13.2 Å². The largest absolute Gasteiger partial charge is 0.493 e. The molecule has 2 aromatic carbocycles. The van der Waals surface area contributed by atoms with Crippen LogP contribution in [0.25, 0.3) is 0 Å². The number of urea groups is 1. The molecule has 1 saturated heterocycles. The minimum atomic E-state index is -0.260. The Balaban J connectivity index is 1.56. The Hall–Kier alpha value is -2.73. The molecule has 3 rings (SSSR count). The molecule has 0 saturated carbocycles. The van der Waals surface area contributed by atoms with Gasteiger partial charge in [-0.25, -0.2) is 4.79 Å². The predicted molar refractivity (Wildman–Crippen MR) is 111 cm³/mol. The third-order valence-electron chi connectivity index (χ3n) is 4.93. The van der Waals surface area contributed by atoms with Gasteiger partial charge in [-0.05, 0) is 50.6 Å². The fourth-order valence-electron chi connectivity index (χ4n) is 3.35. The van der Waals surface area contributed by atoms with E-state index in [1.54, 1.807) is 25.3 Å². The molecule has 6 heteroatoms. The Kier molecular flexibility index (Phi) is 7.14. The zero-order chi connectivity index (χ0) is 19.8. The summed E-state index contributed by atoms with van der Waals surface area (Å²) in [5, 5.41) is 5.81. The lowest BCUT2D eigenvalue weighted by atomic mass is 10.1. The summed E-state index contributed by atoms with van der Waals surface area (Å²) in [5.74, 6) is 1.29. The number of carbonyl (C=O) groups is 1. The number of hydrogen-bond acceptors (Lipinski definition) is 4. The van der Waals surface area contributed by atoms with E-state index in [-0.39, 0.29) is 12.1 Å². The van der Waals surface area contributed by atoms with Crippen LogP contribution in [0.4, 0.5) is 10.5 Å². The van der Waals surface area contributed by atoms with E-state index in [4.69, 9.17) is 9.47 Å². The maximum absolute atomic E-state index is 12.3. The molecule has 2 N–H and O–H groups in total. The molecule has 6 nitrogen and oxygen atoms in total. The molecule has 0 bridgehead atoms. The lowest BCUT2D eigenvalue weighted by molar-refractivity contribution is 0.230. The highest BCUT2D eigenvalue weighted by atomic mass is 16.5. The second kappa shape index (κ2) is 9.99. The van der Waals surface area contributed by atoms with Crippen molar-refractivity contribution in [2.75, 3.05) is 38.7 Å². The van der Waals surface area contributed by atoms with Gasteiger partial charge in [-0.2, -0.15) is 0 Å². The first kappa shape index (κ1) is 20.0. The average Bonchev–Trinajstić information content (AvgIpc) is 3.22. The van der Waals surface area contributed by atoms with Gasteiger partial charge in [0.1, 0.15) is 6.61 Å². The van der Waals surface area contributed by atoms with E-state index < -0.39 is 0 Å². The molecule has 0 aliphatic carbocycles. The number of hydrogen-bond donors (Lipinski definition) is 2. The lowest BCUT2D eigenvalue weighted by Crippen LogP contribution is -2.31. The Morgan fingerprint density at radius 3 is 2.57 bits per heavy atom. The third-order valence-corrected chi connectivity index (χ3v) is 4.93. The predicted octanol–water partition coefficient (Wildman–Crippen LogP) is 4.05. The minimum absolute atomic E-state index is 0.0874. The molecule has 1 heterocycles. The minimum Gasteiger partial charge on any atom is -0.493 e. The molecule has 2 aromatic rings. The molecule has 0 radical (unpaired) electrons. The third kappa shape index (κ3) is 5.63. The van der Waals surface area contributed by atoms with Gasteiger partial charge in [-0.15, -0.1) is 0 Å². The molecule has 1 fully saturated rings. The van der Waals surface area contributed by atoms with Crippen LogP contribution in [0.15, 0.2) is 48.5 Å². The average molecular weight is 383 g/mol. The first-order valence-corrected chi connectivity index (χ1v) is 9.81. The number of nitrogens with zero attached hydrogens (tertiary/aromatic N) is 1. The van der Waals surface area contributed by atoms with Crippen LogP contribution in [0.1, 0.15) is 31.4 Å². The van der Waals surface area contributed by atoms with E-state index in [1.807, 2.05) is 37.3 Å². The van der Waals surface area contributed by atoms with Crippen molar-refractivity contribution in [3.8, 4) is 11.5 Å². The van der Waals surface area contributed by atoms with E-state index in [0.717, 1.165) is 25.2 Å². The zero-order valence-corrected chi connectivity index (χ0v) is 16.6. The number of nitrogens with one attached hydrogen (secondary N) is 2. The first-order valence-electron chi connectivity index (χ1n) is 9.81. The van der Waals surface area contributed by atoms with Crippen molar-refractivity contribution in [1.29, 1.82) is 0 Å². The molecule has 150 valence electrons. The Morgan fingerprint density at radius 1 is 1.11 bits per heavy atom. The van der Waals surface area contributed by atoms with Crippen LogP contribution in [0, 0.1) is 0 Å². The van der Waals surface area contributed by atoms with Gasteiger partial charge in [0.2, 0.25) is 0 Å². The lowest BCUT2D eigenvalue weighted by Gasteiger charge is -2.18. The first-order chi connectivity index (χ1) is 13.7. The highest BCUT2D eigenvalue weighted by molar-refractivity contribution is 5.89. The van der Waals surface area contributed by atoms with E-state index in [1.165, 1.54) is 12.8 Å². The van der Waals surface area contributed by atoms with Gasteiger partial charge in [0.25, 0.3) is 0 Å². The van der Waals surface area contributed by atoms with Crippen molar-refractivity contribution in [3.63, 3.8) is 0 Å². The summed E-state index contributed by atoms with van der Waals surface area (Å²) in [6, 6.07) is 14.9. The molecule has 1 aliphatic heterocycles. The van der Waals surface area contributed by atoms with E-state index >= 15 is 0 Å². The van der Waals surface area contributed by atoms with Crippen molar-refractivity contribution >= 4 is 11.7 Å². The highest BCUT2D eigenvalue weighted by Gasteiger charge is 2.13. The topological polar surface area (TPSA) is 62.8 Å². The van der Waals surface area contributed by atoms with Gasteiger partial charge in [-0.3, -0.25) is 4.90 Å². The number of carbonyl (C=O) groups excluding carboxylic acids is 1. The van der Waals surface area contributed by atoms with Crippen LogP contribution >= 0.6 is 0 Å². The van der Waals surface area contributed by atoms with Crippen molar-refractivity contribution in [1.82, 2.24) is 10.2 Å². The number of likely N-dealkylation sites (tertiary alicyclic amines) is 1. The number of anilines is 1. The monoisotopic (exact) mass is 383 g/mol. The van der Waals surface area contributed by atoms with Gasteiger partial charge < -0.3 is 20.1 Å². The normalized spacial score (nSPS) is 15.1. The molecule has 1 atom stereocenters. The van der Waals surface area contributed by atoms with E-state index in [9.17, 15) is 4.79 Å². The van der Waals surface area contributed by atoms with Crippen LogP contribution in [-0.4, -0.2) is 44.3 Å². The number of methoxy groups -OCH3 is 1.